The maximum Gasteiger partial charge on any atom is 0.308 e. The van der Waals surface area contributed by atoms with Gasteiger partial charge in [0.2, 0.25) is 0 Å². The normalized spacial score (nSPS) is 12.6. The number of aryl methyl sites for hydroxylation is 2. The van der Waals surface area contributed by atoms with E-state index in [0.29, 0.717) is 6.54 Å². The second-order valence-electron chi connectivity index (χ2n) is 4.94. The fourth-order valence-electron chi connectivity index (χ4n) is 2.18. The fraction of sp³-hybridized carbons (Fsp3) is 0.500. The van der Waals surface area contributed by atoms with E-state index in [2.05, 4.69) is 23.8 Å². The minimum Gasteiger partial charge on any atom is -0.481 e. The average Bonchev–Trinajstić information content (AvgIpc) is 2.71. The summed E-state index contributed by atoms with van der Waals surface area (Å²) in [5, 5.41) is 10.1. The van der Waals surface area contributed by atoms with Crippen molar-refractivity contribution in [2.24, 2.45) is 5.92 Å². The highest BCUT2D eigenvalue weighted by molar-refractivity contribution is 7.18. The molecule has 1 unspecified atom stereocenters. The third-order valence-corrected chi connectivity index (χ3v) is 4.66. The number of aliphatic carboxylic acids is 1. The van der Waals surface area contributed by atoms with Crippen LogP contribution in [0.4, 0.5) is 5.82 Å². The van der Waals surface area contributed by atoms with Gasteiger partial charge in [-0.3, -0.25) is 4.79 Å². The summed E-state index contributed by atoms with van der Waals surface area (Å²) in [6.45, 7) is 9.04. The van der Waals surface area contributed by atoms with Crippen molar-refractivity contribution >= 4 is 33.3 Å². The van der Waals surface area contributed by atoms with Crippen molar-refractivity contribution in [1.29, 1.82) is 0 Å². The third-order valence-electron chi connectivity index (χ3n) is 3.54. The molecule has 0 aliphatic carbocycles. The van der Waals surface area contributed by atoms with E-state index < -0.39 is 11.9 Å². The second-order valence-corrected chi connectivity index (χ2v) is 6.14. The Morgan fingerprint density at radius 3 is 2.75 bits per heavy atom. The van der Waals surface area contributed by atoms with Crippen LogP contribution in [0, 0.1) is 19.8 Å². The molecule has 0 fully saturated rings. The Kier molecular flexibility index (Phi) is 4.23. The van der Waals surface area contributed by atoms with Crippen LogP contribution in [0.1, 0.15) is 24.3 Å². The maximum atomic E-state index is 11.1. The molecule has 0 bridgehead atoms. The molecule has 2 rings (SSSR count). The molecule has 2 heterocycles. The lowest BCUT2D eigenvalue weighted by Crippen LogP contribution is -2.32. The van der Waals surface area contributed by atoms with E-state index in [1.807, 2.05) is 11.8 Å². The zero-order valence-electron chi connectivity index (χ0n) is 12.2. The number of fused-ring (bicyclic) bond motifs is 1. The summed E-state index contributed by atoms with van der Waals surface area (Å²) in [6.07, 6.45) is 1.56. The Bertz CT molecular complexity index is 639. The molecule has 2 aromatic rings. The van der Waals surface area contributed by atoms with Gasteiger partial charge in [0.05, 0.1) is 11.3 Å². The lowest BCUT2D eigenvalue weighted by atomic mass is 10.1. The van der Waals surface area contributed by atoms with Crippen LogP contribution in [0.3, 0.4) is 0 Å². The van der Waals surface area contributed by atoms with Crippen LogP contribution in [0.5, 0.6) is 0 Å². The first-order chi connectivity index (χ1) is 9.45. The topological polar surface area (TPSA) is 66.3 Å². The summed E-state index contributed by atoms with van der Waals surface area (Å²) < 4.78 is 0. The standard InChI is InChI=1S/C14H19N3O2S/c1-5-17(6-8(2)14(18)19)12-11-9(3)10(4)20-13(11)16-7-15-12/h7-8H,5-6H2,1-4H3,(H,18,19). The van der Waals surface area contributed by atoms with Crippen LogP contribution in [-0.2, 0) is 4.79 Å². The number of carboxylic acids is 1. The minimum atomic E-state index is -0.785. The molecule has 0 saturated carbocycles. The molecule has 0 radical (unpaired) electrons. The largest absolute Gasteiger partial charge is 0.481 e. The van der Waals surface area contributed by atoms with Crippen molar-refractivity contribution in [2.45, 2.75) is 27.7 Å². The third kappa shape index (κ3) is 2.60. The Morgan fingerprint density at radius 1 is 1.45 bits per heavy atom. The number of hydrogen-bond acceptors (Lipinski definition) is 5. The van der Waals surface area contributed by atoms with Crippen LogP contribution in [0.2, 0.25) is 0 Å². The fourth-order valence-corrected chi connectivity index (χ4v) is 3.17. The molecule has 5 nitrogen and oxygen atoms in total. The van der Waals surface area contributed by atoms with Gasteiger partial charge in [-0.1, -0.05) is 6.92 Å². The molecule has 0 aliphatic rings. The van der Waals surface area contributed by atoms with E-state index >= 15 is 0 Å². The highest BCUT2D eigenvalue weighted by Crippen LogP contribution is 2.34. The SMILES string of the molecule is CCN(CC(C)C(=O)O)c1ncnc2sc(C)c(C)c12. The highest BCUT2D eigenvalue weighted by Gasteiger charge is 2.20. The summed E-state index contributed by atoms with van der Waals surface area (Å²) in [4.78, 5) is 24.0. The first-order valence-electron chi connectivity index (χ1n) is 6.64. The molecule has 0 aliphatic heterocycles. The summed E-state index contributed by atoms with van der Waals surface area (Å²) in [5.41, 5.74) is 1.18. The minimum absolute atomic E-state index is 0.431. The molecule has 0 amide bonds. The lowest BCUT2D eigenvalue weighted by molar-refractivity contribution is -0.140. The van der Waals surface area contributed by atoms with Crippen molar-refractivity contribution in [3.63, 3.8) is 0 Å². The molecule has 6 heteroatoms. The van der Waals surface area contributed by atoms with E-state index in [-0.39, 0.29) is 0 Å². The smallest absolute Gasteiger partial charge is 0.308 e. The average molecular weight is 293 g/mol. The van der Waals surface area contributed by atoms with Gasteiger partial charge < -0.3 is 10.0 Å². The number of carboxylic acid groups (broad SMARTS) is 1. The van der Waals surface area contributed by atoms with Gasteiger partial charge >= 0.3 is 5.97 Å². The van der Waals surface area contributed by atoms with Crippen LogP contribution in [0.25, 0.3) is 10.2 Å². The number of nitrogens with zero attached hydrogens (tertiary/aromatic N) is 3. The Balaban J connectivity index is 2.46. The summed E-state index contributed by atoms with van der Waals surface area (Å²) in [6, 6.07) is 0. The molecule has 20 heavy (non-hydrogen) atoms. The summed E-state index contributed by atoms with van der Waals surface area (Å²) in [5.74, 6) is -0.376. The number of carbonyl (C=O) groups is 1. The van der Waals surface area contributed by atoms with Gasteiger partial charge in [-0.2, -0.15) is 0 Å². The first-order valence-corrected chi connectivity index (χ1v) is 7.45. The second kappa shape index (κ2) is 5.75. The molecule has 0 spiro atoms. The first kappa shape index (κ1) is 14.7. The summed E-state index contributed by atoms with van der Waals surface area (Å²) >= 11 is 1.65. The van der Waals surface area contributed by atoms with Crippen molar-refractivity contribution in [3.05, 3.63) is 16.8 Å². The molecule has 2 aromatic heterocycles. The maximum absolute atomic E-state index is 11.1. The van der Waals surface area contributed by atoms with Gasteiger partial charge in [-0.05, 0) is 26.3 Å². The van der Waals surface area contributed by atoms with E-state index in [0.717, 1.165) is 22.6 Å². The van der Waals surface area contributed by atoms with Crippen LogP contribution in [0.15, 0.2) is 6.33 Å². The number of rotatable bonds is 5. The van der Waals surface area contributed by atoms with Crippen LogP contribution < -0.4 is 4.90 Å². The lowest BCUT2D eigenvalue weighted by Gasteiger charge is -2.24. The van der Waals surface area contributed by atoms with Crippen molar-refractivity contribution in [2.75, 3.05) is 18.0 Å². The van der Waals surface area contributed by atoms with Gasteiger partial charge in [-0.25, -0.2) is 9.97 Å². The van der Waals surface area contributed by atoms with Crippen molar-refractivity contribution < 1.29 is 9.90 Å². The van der Waals surface area contributed by atoms with Crippen LogP contribution in [-0.4, -0.2) is 34.1 Å². The molecular weight excluding hydrogens is 274 g/mol. The van der Waals surface area contributed by atoms with E-state index in [4.69, 9.17) is 5.11 Å². The zero-order chi connectivity index (χ0) is 14.9. The molecule has 0 aromatic carbocycles. The molecule has 1 atom stereocenters. The van der Waals surface area contributed by atoms with Gasteiger partial charge in [0.25, 0.3) is 0 Å². The molecule has 108 valence electrons. The van der Waals surface area contributed by atoms with Gasteiger partial charge in [-0.15, -0.1) is 11.3 Å². The molecule has 0 saturated heterocycles. The van der Waals surface area contributed by atoms with E-state index in [1.54, 1.807) is 24.6 Å². The number of aromatic nitrogens is 2. The number of thiophene rings is 1. The monoisotopic (exact) mass is 293 g/mol. The Morgan fingerprint density at radius 2 is 2.15 bits per heavy atom. The van der Waals surface area contributed by atoms with Gasteiger partial charge in [0.15, 0.2) is 0 Å². The van der Waals surface area contributed by atoms with E-state index in [1.165, 1.54) is 10.4 Å². The number of anilines is 1. The van der Waals surface area contributed by atoms with Crippen LogP contribution >= 0.6 is 11.3 Å². The zero-order valence-corrected chi connectivity index (χ0v) is 13.0. The Labute approximate surface area is 122 Å². The van der Waals surface area contributed by atoms with Crippen molar-refractivity contribution in [3.8, 4) is 0 Å². The summed E-state index contributed by atoms with van der Waals surface area (Å²) in [7, 11) is 0. The quantitative estimate of drug-likeness (QED) is 0.918. The Hall–Kier alpha value is -1.69. The predicted octanol–water partition coefficient (Wildman–Crippen LogP) is 2.86. The molecular formula is C14H19N3O2S. The van der Waals surface area contributed by atoms with Gasteiger partial charge in [0.1, 0.15) is 17.0 Å². The van der Waals surface area contributed by atoms with E-state index in [9.17, 15) is 4.79 Å². The van der Waals surface area contributed by atoms with Gasteiger partial charge in [0, 0.05) is 18.0 Å². The number of hydrogen-bond donors (Lipinski definition) is 1. The predicted molar refractivity (Wildman–Crippen MR) is 81.6 cm³/mol. The van der Waals surface area contributed by atoms with Crippen molar-refractivity contribution in [1.82, 2.24) is 9.97 Å². The highest BCUT2D eigenvalue weighted by atomic mass is 32.1. The molecule has 1 N–H and O–H groups in total.